The van der Waals surface area contributed by atoms with E-state index in [1.54, 1.807) is 4.98 Å². The third-order valence-corrected chi connectivity index (χ3v) is 3.17. The fourth-order valence-electron chi connectivity index (χ4n) is 2.14. The first-order chi connectivity index (χ1) is 10.3. The van der Waals surface area contributed by atoms with Gasteiger partial charge in [-0.2, -0.15) is 13.2 Å². The number of aliphatic hydroxyl groups is 1. The highest BCUT2D eigenvalue weighted by Crippen LogP contribution is 2.31. The molecule has 2 N–H and O–H groups in total. The summed E-state index contributed by atoms with van der Waals surface area (Å²) in [6.45, 7) is -0.537. The molecule has 1 aromatic rings. The van der Waals surface area contributed by atoms with Crippen LogP contribution in [0.3, 0.4) is 0 Å². The van der Waals surface area contributed by atoms with Gasteiger partial charge in [0.1, 0.15) is 11.8 Å². The van der Waals surface area contributed by atoms with Crippen LogP contribution in [0.4, 0.5) is 13.2 Å². The van der Waals surface area contributed by atoms with Gasteiger partial charge in [0.2, 0.25) is 0 Å². The molecule has 1 fully saturated rings. The molecule has 120 valence electrons. The van der Waals surface area contributed by atoms with Gasteiger partial charge in [-0.05, 0) is 5.53 Å². The Morgan fingerprint density at radius 2 is 2.23 bits per heavy atom. The quantitative estimate of drug-likeness (QED) is 0.476. The molecule has 0 aromatic carbocycles. The Labute approximate surface area is 119 Å². The average molecular weight is 321 g/mol. The number of hydrogen-bond acceptors (Lipinski definition) is 5. The first kappa shape index (κ1) is 16.1. The predicted octanol–water partition coefficient (Wildman–Crippen LogP) is 0.514. The molecule has 0 saturated carbocycles. The number of H-pyrrole nitrogens is 1. The standard InChI is InChI=1S/C10H10F3N5O4/c11-10(12,13)4-2-18(9(21)15-8(4)20)7-1-5(16-17-14)6(3-19)22-7/h2,5-7,19H,1,3H2,(H,15,20,21)/t5?,6-,7-/m0/s1. The smallest absolute Gasteiger partial charge is 0.394 e. The molecule has 1 aliphatic heterocycles. The zero-order valence-electron chi connectivity index (χ0n) is 10.8. The second-order valence-electron chi connectivity index (χ2n) is 4.53. The molecule has 0 bridgehead atoms. The maximum Gasteiger partial charge on any atom is 0.423 e. The molecule has 1 unspecified atom stereocenters. The van der Waals surface area contributed by atoms with Crippen LogP contribution in [0, 0.1) is 0 Å². The normalized spacial score (nSPS) is 25.0. The summed E-state index contributed by atoms with van der Waals surface area (Å²) in [6.07, 6.45) is -6.85. The predicted molar refractivity (Wildman–Crippen MR) is 64.9 cm³/mol. The number of aromatic amines is 1. The maximum atomic E-state index is 12.7. The van der Waals surface area contributed by atoms with E-state index < -0.39 is 48.0 Å². The number of rotatable bonds is 3. The molecule has 0 amide bonds. The number of nitrogens with one attached hydrogen (secondary N) is 1. The minimum atomic E-state index is -4.94. The summed E-state index contributed by atoms with van der Waals surface area (Å²) in [5.74, 6) is 0. The Balaban J connectivity index is 2.44. The highest BCUT2D eigenvalue weighted by molar-refractivity contribution is 5.09. The van der Waals surface area contributed by atoms with E-state index in [1.807, 2.05) is 0 Å². The van der Waals surface area contributed by atoms with Crippen LogP contribution >= 0.6 is 0 Å². The van der Waals surface area contributed by atoms with Crippen molar-refractivity contribution in [1.29, 1.82) is 0 Å². The third kappa shape index (κ3) is 2.98. The van der Waals surface area contributed by atoms with Gasteiger partial charge in [-0.25, -0.2) is 4.79 Å². The molecular formula is C10H10F3N5O4. The molecule has 12 heteroatoms. The third-order valence-electron chi connectivity index (χ3n) is 3.17. The van der Waals surface area contributed by atoms with Crippen LogP contribution in [0.25, 0.3) is 10.4 Å². The molecule has 0 radical (unpaired) electrons. The van der Waals surface area contributed by atoms with E-state index >= 15 is 0 Å². The highest BCUT2D eigenvalue weighted by Gasteiger charge is 2.39. The molecule has 0 spiro atoms. The highest BCUT2D eigenvalue weighted by atomic mass is 19.4. The van der Waals surface area contributed by atoms with E-state index in [-0.39, 0.29) is 6.42 Å². The van der Waals surface area contributed by atoms with Crippen molar-refractivity contribution in [2.24, 2.45) is 5.11 Å². The van der Waals surface area contributed by atoms with Crippen molar-refractivity contribution in [1.82, 2.24) is 9.55 Å². The lowest BCUT2D eigenvalue weighted by Gasteiger charge is -2.16. The average Bonchev–Trinajstić information content (AvgIpc) is 2.80. The van der Waals surface area contributed by atoms with Crippen LogP contribution in [-0.4, -0.2) is 33.4 Å². The molecule has 1 saturated heterocycles. The van der Waals surface area contributed by atoms with Crippen molar-refractivity contribution < 1.29 is 23.0 Å². The summed E-state index contributed by atoms with van der Waals surface area (Å²) < 4.78 is 43.9. The zero-order chi connectivity index (χ0) is 16.5. The Hall–Kier alpha value is -2.30. The molecule has 1 aliphatic rings. The summed E-state index contributed by atoms with van der Waals surface area (Å²) >= 11 is 0. The molecule has 3 atom stereocenters. The number of hydrogen-bond donors (Lipinski definition) is 2. The van der Waals surface area contributed by atoms with Gasteiger partial charge < -0.3 is 9.84 Å². The lowest BCUT2D eigenvalue weighted by molar-refractivity contribution is -0.139. The van der Waals surface area contributed by atoms with Crippen LogP contribution in [0.5, 0.6) is 0 Å². The molecule has 2 heterocycles. The first-order valence-electron chi connectivity index (χ1n) is 6.01. The molecule has 2 rings (SSSR count). The van der Waals surface area contributed by atoms with E-state index in [9.17, 15) is 22.8 Å². The Kier molecular flexibility index (Phi) is 4.26. The van der Waals surface area contributed by atoms with Crippen molar-refractivity contribution in [2.75, 3.05) is 6.61 Å². The second-order valence-corrected chi connectivity index (χ2v) is 4.53. The number of aromatic nitrogens is 2. The van der Waals surface area contributed by atoms with Crippen LogP contribution in [0.1, 0.15) is 18.2 Å². The summed E-state index contributed by atoms with van der Waals surface area (Å²) in [5.41, 5.74) is 4.19. The molecule has 9 nitrogen and oxygen atoms in total. The maximum absolute atomic E-state index is 12.7. The fourth-order valence-corrected chi connectivity index (χ4v) is 2.14. The lowest BCUT2D eigenvalue weighted by atomic mass is 10.1. The number of aliphatic hydroxyl groups excluding tert-OH is 1. The van der Waals surface area contributed by atoms with Gasteiger partial charge in [0.25, 0.3) is 5.56 Å². The summed E-state index contributed by atoms with van der Waals surface area (Å²) in [5, 5.41) is 12.4. The van der Waals surface area contributed by atoms with Crippen LogP contribution in [0.2, 0.25) is 0 Å². The van der Waals surface area contributed by atoms with E-state index in [0.717, 1.165) is 0 Å². The van der Waals surface area contributed by atoms with Crippen LogP contribution in [0.15, 0.2) is 20.9 Å². The minimum Gasteiger partial charge on any atom is -0.394 e. The Morgan fingerprint density at radius 3 is 2.77 bits per heavy atom. The number of nitrogens with zero attached hydrogens (tertiary/aromatic N) is 4. The van der Waals surface area contributed by atoms with Gasteiger partial charge in [-0.1, -0.05) is 5.11 Å². The van der Waals surface area contributed by atoms with Gasteiger partial charge in [-0.3, -0.25) is 14.3 Å². The summed E-state index contributed by atoms with van der Waals surface area (Å²) in [6, 6.07) is -0.840. The Morgan fingerprint density at radius 1 is 1.55 bits per heavy atom. The zero-order valence-corrected chi connectivity index (χ0v) is 10.8. The number of halogens is 3. The molecular weight excluding hydrogens is 311 g/mol. The van der Waals surface area contributed by atoms with Crippen LogP contribution in [-0.2, 0) is 10.9 Å². The van der Waals surface area contributed by atoms with E-state index in [2.05, 4.69) is 10.0 Å². The van der Waals surface area contributed by atoms with Crippen molar-refractivity contribution in [3.05, 3.63) is 43.0 Å². The van der Waals surface area contributed by atoms with Gasteiger partial charge in [0.05, 0.1) is 18.8 Å². The number of alkyl halides is 3. The largest absolute Gasteiger partial charge is 0.423 e. The van der Waals surface area contributed by atoms with Crippen molar-refractivity contribution >= 4 is 0 Å². The van der Waals surface area contributed by atoms with Gasteiger partial charge in [0, 0.05) is 17.5 Å². The Bertz CT molecular complexity index is 720. The molecule has 0 aliphatic carbocycles. The first-order valence-corrected chi connectivity index (χ1v) is 6.01. The van der Waals surface area contributed by atoms with Crippen molar-refractivity contribution in [3.8, 4) is 0 Å². The van der Waals surface area contributed by atoms with Gasteiger partial charge in [-0.15, -0.1) is 0 Å². The lowest BCUT2D eigenvalue weighted by Crippen LogP contribution is -2.36. The van der Waals surface area contributed by atoms with Gasteiger partial charge >= 0.3 is 11.9 Å². The minimum absolute atomic E-state index is 0.113. The number of ether oxygens (including phenoxy) is 1. The van der Waals surface area contributed by atoms with Crippen molar-refractivity contribution in [2.45, 2.75) is 31.0 Å². The monoisotopic (exact) mass is 321 g/mol. The van der Waals surface area contributed by atoms with E-state index in [1.165, 1.54) is 0 Å². The molecule has 1 aromatic heterocycles. The fraction of sp³-hybridized carbons (Fsp3) is 0.600. The van der Waals surface area contributed by atoms with E-state index in [0.29, 0.717) is 10.8 Å². The SMILES string of the molecule is [N-]=[N+]=NC1C[C@@H](n2cc(C(F)(F)F)c(=O)[nH]c2=O)O[C@H]1CO. The van der Waals surface area contributed by atoms with Crippen molar-refractivity contribution in [3.63, 3.8) is 0 Å². The van der Waals surface area contributed by atoms with Gasteiger partial charge in [0.15, 0.2) is 0 Å². The molecule has 22 heavy (non-hydrogen) atoms. The number of azide groups is 1. The second kappa shape index (κ2) is 5.83. The topological polar surface area (TPSA) is 133 Å². The van der Waals surface area contributed by atoms with E-state index in [4.69, 9.17) is 15.4 Å². The summed E-state index contributed by atoms with van der Waals surface area (Å²) in [4.78, 5) is 27.0. The summed E-state index contributed by atoms with van der Waals surface area (Å²) in [7, 11) is 0. The van der Waals surface area contributed by atoms with Crippen LogP contribution < -0.4 is 11.2 Å².